The lowest BCUT2D eigenvalue weighted by atomic mass is 10.2. The predicted octanol–water partition coefficient (Wildman–Crippen LogP) is 3.32. The highest BCUT2D eigenvalue weighted by Gasteiger charge is 2.47. The molecule has 0 aliphatic rings. The first-order valence-corrected chi connectivity index (χ1v) is 8.18. The molecule has 0 saturated heterocycles. The first-order valence-electron chi connectivity index (χ1n) is 5.27. The Bertz CT molecular complexity index is 221. The van der Waals surface area contributed by atoms with Crippen molar-refractivity contribution in [1.82, 2.24) is 0 Å². The van der Waals surface area contributed by atoms with Crippen molar-refractivity contribution < 1.29 is 22.7 Å². The maximum atomic E-state index is 12.6. The third-order valence-electron chi connectivity index (χ3n) is 3.00. The minimum absolute atomic E-state index is 0.272. The van der Waals surface area contributed by atoms with Crippen LogP contribution in [0.15, 0.2) is 0 Å². The van der Waals surface area contributed by atoms with E-state index in [1.54, 1.807) is 13.1 Å². The summed E-state index contributed by atoms with van der Waals surface area (Å²) in [5, 5.41) is 8.36. The Morgan fingerprint density at radius 2 is 1.62 bits per heavy atom. The van der Waals surface area contributed by atoms with Crippen LogP contribution in [0.2, 0.25) is 18.1 Å². The molecule has 0 heterocycles. The lowest BCUT2D eigenvalue weighted by molar-refractivity contribution is -0.202. The van der Waals surface area contributed by atoms with Crippen molar-refractivity contribution in [3.05, 3.63) is 0 Å². The van der Waals surface area contributed by atoms with E-state index in [2.05, 4.69) is 0 Å². The van der Waals surface area contributed by atoms with Crippen LogP contribution in [-0.2, 0) is 4.43 Å². The number of halogens is 3. The molecule has 6 heteroatoms. The minimum atomic E-state index is -4.40. The second-order valence-electron chi connectivity index (χ2n) is 5.42. The number of alkyl halides is 3. The van der Waals surface area contributed by atoms with Gasteiger partial charge in [0, 0.05) is 13.0 Å². The van der Waals surface area contributed by atoms with Crippen molar-refractivity contribution in [3.8, 4) is 0 Å². The molecule has 0 spiro atoms. The van der Waals surface area contributed by atoms with E-state index in [1.165, 1.54) is 0 Å². The van der Waals surface area contributed by atoms with Crippen LogP contribution in [0.1, 0.15) is 27.2 Å². The van der Waals surface area contributed by atoms with E-state index >= 15 is 0 Å². The maximum Gasteiger partial charge on any atom is 0.413 e. The summed E-state index contributed by atoms with van der Waals surface area (Å²) >= 11 is 0. The zero-order valence-electron chi connectivity index (χ0n) is 10.5. The van der Waals surface area contributed by atoms with Gasteiger partial charge in [-0.25, -0.2) is 0 Å². The van der Waals surface area contributed by atoms with Gasteiger partial charge in [0.05, 0.1) is 0 Å². The van der Waals surface area contributed by atoms with Gasteiger partial charge in [0.25, 0.3) is 0 Å². The molecule has 0 bridgehead atoms. The normalized spacial score (nSPS) is 16.3. The fourth-order valence-electron chi connectivity index (χ4n) is 0.939. The van der Waals surface area contributed by atoms with Gasteiger partial charge < -0.3 is 9.53 Å². The van der Waals surface area contributed by atoms with Crippen LogP contribution in [0.25, 0.3) is 0 Å². The fraction of sp³-hybridized carbons (Fsp3) is 1.00. The Morgan fingerprint density at radius 3 is 1.88 bits per heavy atom. The number of rotatable bonds is 4. The van der Waals surface area contributed by atoms with Gasteiger partial charge in [-0.3, -0.25) is 0 Å². The molecule has 1 unspecified atom stereocenters. The van der Waals surface area contributed by atoms with E-state index in [0.717, 1.165) is 0 Å². The molecule has 0 rings (SSSR count). The van der Waals surface area contributed by atoms with Gasteiger partial charge in [-0.15, -0.1) is 0 Å². The highest BCUT2D eigenvalue weighted by atomic mass is 28.4. The Hall–Kier alpha value is -0.0731. The Balaban J connectivity index is 4.76. The molecule has 1 N–H and O–H groups in total. The Kier molecular flexibility index (Phi) is 5.03. The smallest absolute Gasteiger partial charge is 0.405 e. The molecule has 98 valence electrons. The van der Waals surface area contributed by atoms with Crippen molar-refractivity contribution >= 4 is 8.32 Å². The molecular weight excluding hydrogens is 237 g/mol. The van der Waals surface area contributed by atoms with Gasteiger partial charge in [0.15, 0.2) is 8.32 Å². The van der Waals surface area contributed by atoms with E-state index < -0.39 is 33.6 Å². The monoisotopic (exact) mass is 258 g/mol. The summed E-state index contributed by atoms with van der Waals surface area (Å²) in [6, 6.07) is 0. The van der Waals surface area contributed by atoms with Crippen LogP contribution in [0, 0.1) is 0 Å². The van der Waals surface area contributed by atoms with Crippen LogP contribution >= 0.6 is 0 Å². The van der Waals surface area contributed by atoms with Crippen LogP contribution in [0.5, 0.6) is 0 Å². The molecular formula is C10H21F3O2Si. The second kappa shape index (κ2) is 5.06. The SMILES string of the molecule is CC(C)(C)[Si](C)(C)OC(CCO)C(F)(F)F. The summed E-state index contributed by atoms with van der Waals surface area (Å²) in [5.74, 6) is 0. The number of hydrogen-bond donors (Lipinski definition) is 1. The van der Waals surface area contributed by atoms with Gasteiger partial charge in [0.1, 0.15) is 6.10 Å². The molecule has 0 aromatic carbocycles. The van der Waals surface area contributed by atoms with Crippen LogP contribution in [-0.4, -0.2) is 32.3 Å². The van der Waals surface area contributed by atoms with Crippen molar-refractivity contribution in [1.29, 1.82) is 0 Å². The summed E-state index contributed by atoms with van der Waals surface area (Å²) in [6.07, 6.45) is -6.65. The van der Waals surface area contributed by atoms with Gasteiger partial charge in [-0.05, 0) is 18.1 Å². The van der Waals surface area contributed by atoms with Crippen molar-refractivity contribution in [2.75, 3.05) is 6.61 Å². The summed E-state index contributed by atoms with van der Waals surface area (Å²) < 4.78 is 43.1. The Morgan fingerprint density at radius 1 is 1.19 bits per heavy atom. The Labute approximate surface area is 95.9 Å². The summed E-state index contributed by atoms with van der Waals surface area (Å²) in [6.45, 7) is 8.66. The molecule has 0 aromatic heterocycles. The number of aliphatic hydroxyl groups excluding tert-OH is 1. The zero-order chi connectivity index (χ0) is 13.2. The number of aliphatic hydroxyl groups is 1. The van der Waals surface area contributed by atoms with Gasteiger partial charge in [0.2, 0.25) is 0 Å². The van der Waals surface area contributed by atoms with Crippen molar-refractivity contribution in [2.24, 2.45) is 0 Å². The quantitative estimate of drug-likeness (QED) is 0.784. The van der Waals surface area contributed by atoms with E-state index in [9.17, 15) is 13.2 Å². The average Bonchev–Trinajstić information content (AvgIpc) is 1.99. The van der Waals surface area contributed by atoms with Gasteiger partial charge in [-0.2, -0.15) is 13.2 Å². The second-order valence-corrected chi connectivity index (χ2v) is 10.2. The topological polar surface area (TPSA) is 29.5 Å². The lowest BCUT2D eigenvalue weighted by Gasteiger charge is -2.39. The van der Waals surface area contributed by atoms with Crippen LogP contribution in [0.4, 0.5) is 13.2 Å². The van der Waals surface area contributed by atoms with Gasteiger partial charge in [-0.1, -0.05) is 20.8 Å². The molecule has 16 heavy (non-hydrogen) atoms. The molecule has 0 aliphatic heterocycles. The summed E-state index contributed by atoms with van der Waals surface area (Å²) in [4.78, 5) is 0. The molecule has 0 aliphatic carbocycles. The average molecular weight is 258 g/mol. The first-order chi connectivity index (χ1) is 6.92. The molecule has 0 radical (unpaired) electrons. The standard InChI is InChI=1S/C10H21F3O2Si/c1-9(2,3)16(4,5)15-8(6-7-14)10(11,12)13/h8,14H,6-7H2,1-5H3. The lowest BCUT2D eigenvalue weighted by Crippen LogP contribution is -2.48. The van der Waals surface area contributed by atoms with Crippen molar-refractivity contribution in [3.63, 3.8) is 0 Å². The molecule has 0 amide bonds. The summed E-state index contributed by atoms with van der Waals surface area (Å²) in [5.41, 5.74) is 0. The van der Waals surface area contributed by atoms with Crippen molar-refractivity contribution in [2.45, 2.75) is 57.6 Å². The molecule has 0 fully saturated rings. The third-order valence-corrected chi connectivity index (χ3v) is 7.49. The first kappa shape index (κ1) is 15.9. The summed E-state index contributed by atoms with van der Waals surface area (Å²) in [7, 11) is -2.45. The minimum Gasteiger partial charge on any atom is -0.405 e. The van der Waals surface area contributed by atoms with Crippen LogP contribution in [0.3, 0.4) is 0 Å². The largest absolute Gasteiger partial charge is 0.413 e. The van der Waals surface area contributed by atoms with Gasteiger partial charge >= 0.3 is 6.18 Å². The molecule has 2 nitrogen and oxygen atoms in total. The van der Waals surface area contributed by atoms with E-state index in [-0.39, 0.29) is 5.04 Å². The van der Waals surface area contributed by atoms with E-state index in [1.807, 2.05) is 20.8 Å². The third kappa shape index (κ3) is 4.43. The maximum absolute atomic E-state index is 12.6. The van der Waals surface area contributed by atoms with E-state index in [4.69, 9.17) is 9.53 Å². The molecule has 1 atom stereocenters. The number of hydrogen-bond acceptors (Lipinski definition) is 2. The van der Waals surface area contributed by atoms with E-state index in [0.29, 0.717) is 0 Å². The predicted molar refractivity (Wildman–Crippen MR) is 59.8 cm³/mol. The molecule has 0 saturated carbocycles. The molecule has 0 aromatic rings. The van der Waals surface area contributed by atoms with Crippen LogP contribution < -0.4 is 0 Å². The highest BCUT2D eigenvalue weighted by molar-refractivity contribution is 6.74. The zero-order valence-corrected chi connectivity index (χ0v) is 11.5. The fourth-order valence-corrected chi connectivity index (χ4v) is 2.26. The highest BCUT2D eigenvalue weighted by Crippen LogP contribution is 2.40.